The minimum absolute atomic E-state index is 0.134. The molecule has 7 heteroatoms. The monoisotopic (exact) mass is 376 g/mol. The molecule has 0 saturated carbocycles. The van der Waals surface area contributed by atoms with Crippen LogP contribution >= 0.6 is 0 Å². The molecule has 3 aliphatic heterocycles. The molecule has 0 aromatic heterocycles. The van der Waals surface area contributed by atoms with Gasteiger partial charge in [0.1, 0.15) is 30.5 Å². The Morgan fingerprint density at radius 1 is 1.48 bits per heavy atom. The fourth-order valence-corrected chi connectivity index (χ4v) is 4.18. The second kappa shape index (κ2) is 6.29. The molecule has 0 aromatic carbocycles. The van der Waals surface area contributed by atoms with Crippen LogP contribution in [0.2, 0.25) is 0 Å². The lowest BCUT2D eigenvalue weighted by atomic mass is 9.82. The van der Waals surface area contributed by atoms with Crippen LogP contribution in [0.25, 0.3) is 0 Å². The first-order valence-corrected chi connectivity index (χ1v) is 9.13. The number of allylic oxidation sites excluding steroid dienone is 1. The Hall–Kier alpha value is -1.96. The van der Waals surface area contributed by atoms with Gasteiger partial charge in [0, 0.05) is 18.1 Å². The van der Waals surface area contributed by atoms with Crippen molar-refractivity contribution in [1.29, 1.82) is 0 Å². The van der Waals surface area contributed by atoms with Gasteiger partial charge in [-0.15, -0.1) is 0 Å². The first kappa shape index (κ1) is 18.4. The van der Waals surface area contributed by atoms with Gasteiger partial charge in [-0.1, -0.05) is 12.2 Å². The van der Waals surface area contributed by atoms with Gasteiger partial charge < -0.3 is 24.1 Å². The molecule has 0 amide bonds. The summed E-state index contributed by atoms with van der Waals surface area (Å²) < 4.78 is 22.8. The van der Waals surface area contributed by atoms with E-state index in [0.717, 1.165) is 5.57 Å². The average Bonchev–Trinajstić information content (AvgIpc) is 3.44. The molecular weight excluding hydrogens is 352 g/mol. The highest BCUT2D eigenvalue weighted by atomic mass is 16.7. The van der Waals surface area contributed by atoms with Crippen LogP contribution in [-0.4, -0.2) is 59.8 Å². The van der Waals surface area contributed by atoms with Crippen molar-refractivity contribution in [2.24, 2.45) is 5.92 Å². The van der Waals surface area contributed by atoms with E-state index in [1.807, 2.05) is 6.92 Å². The highest BCUT2D eigenvalue weighted by Gasteiger charge is 2.67. The van der Waals surface area contributed by atoms with Crippen molar-refractivity contribution in [3.63, 3.8) is 0 Å². The number of epoxide rings is 2. The van der Waals surface area contributed by atoms with E-state index in [9.17, 15) is 14.7 Å². The number of esters is 2. The van der Waals surface area contributed by atoms with Crippen LogP contribution in [0.1, 0.15) is 27.2 Å². The van der Waals surface area contributed by atoms with E-state index in [1.165, 1.54) is 6.08 Å². The number of carbonyl (C=O) groups is 2. The zero-order valence-electron chi connectivity index (χ0n) is 15.6. The molecule has 0 spiro atoms. The van der Waals surface area contributed by atoms with Crippen LogP contribution in [0.15, 0.2) is 35.5 Å². The number of aliphatic hydroxyl groups excluding tert-OH is 1. The lowest BCUT2D eigenvalue weighted by Gasteiger charge is -2.27. The minimum Gasteiger partial charge on any atom is -0.458 e. The Morgan fingerprint density at radius 2 is 2.22 bits per heavy atom. The van der Waals surface area contributed by atoms with E-state index >= 15 is 0 Å². The molecular formula is C20H24O7. The summed E-state index contributed by atoms with van der Waals surface area (Å²) in [7, 11) is 0. The van der Waals surface area contributed by atoms with Gasteiger partial charge in [0.05, 0.1) is 18.1 Å². The molecule has 27 heavy (non-hydrogen) atoms. The minimum atomic E-state index is -0.666. The van der Waals surface area contributed by atoms with Crippen LogP contribution in [0.4, 0.5) is 0 Å². The summed E-state index contributed by atoms with van der Waals surface area (Å²) in [6.07, 6.45) is 1.71. The molecule has 0 radical (unpaired) electrons. The molecule has 0 unspecified atom stereocenters. The number of fused-ring (bicyclic) bond motifs is 4. The van der Waals surface area contributed by atoms with Gasteiger partial charge in [-0.25, -0.2) is 9.59 Å². The SMILES string of the molecule is C=C1C(=O)O[C@@H]2/C=C(/CO)[C@@H]3O[C@@H]3[C@H]3O[C@]3(C)C[C@@H](OC(=O)C=C(C)C)[C@@H]12. The van der Waals surface area contributed by atoms with Crippen molar-refractivity contribution >= 4 is 11.9 Å². The van der Waals surface area contributed by atoms with Crippen LogP contribution in [-0.2, 0) is 28.5 Å². The lowest BCUT2D eigenvalue weighted by molar-refractivity contribution is -0.147. The van der Waals surface area contributed by atoms with Gasteiger partial charge in [0.2, 0.25) is 0 Å². The van der Waals surface area contributed by atoms with Crippen LogP contribution in [0.5, 0.6) is 0 Å². The maximum Gasteiger partial charge on any atom is 0.334 e. The molecule has 0 bridgehead atoms. The maximum absolute atomic E-state index is 12.3. The third-order valence-corrected chi connectivity index (χ3v) is 5.63. The second-order valence-corrected chi connectivity index (χ2v) is 8.09. The quantitative estimate of drug-likeness (QED) is 0.342. The summed E-state index contributed by atoms with van der Waals surface area (Å²) >= 11 is 0. The van der Waals surface area contributed by atoms with E-state index in [4.69, 9.17) is 18.9 Å². The number of carbonyl (C=O) groups excluding carboxylic acids is 2. The van der Waals surface area contributed by atoms with E-state index in [2.05, 4.69) is 6.58 Å². The number of ether oxygens (including phenoxy) is 4. The molecule has 3 saturated heterocycles. The molecule has 4 rings (SSSR count). The predicted molar refractivity (Wildman–Crippen MR) is 93.5 cm³/mol. The number of hydrogen-bond acceptors (Lipinski definition) is 7. The van der Waals surface area contributed by atoms with E-state index < -0.39 is 35.7 Å². The third kappa shape index (κ3) is 3.24. The normalized spacial score (nSPS) is 43.9. The molecule has 4 aliphatic rings. The molecule has 1 aliphatic carbocycles. The molecule has 3 heterocycles. The second-order valence-electron chi connectivity index (χ2n) is 8.09. The van der Waals surface area contributed by atoms with E-state index in [0.29, 0.717) is 12.0 Å². The van der Waals surface area contributed by atoms with Crippen molar-refractivity contribution in [1.82, 2.24) is 0 Å². The highest BCUT2D eigenvalue weighted by Crippen LogP contribution is 2.53. The summed E-state index contributed by atoms with van der Waals surface area (Å²) in [5.41, 5.74) is 1.20. The fraction of sp³-hybridized carbons (Fsp3) is 0.600. The molecule has 7 atom stereocenters. The largest absolute Gasteiger partial charge is 0.458 e. The van der Waals surface area contributed by atoms with Crippen molar-refractivity contribution in [2.45, 2.75) is 63.3 Å². The summed E-state index contributed by atoms with van der Waals surface area (Å²) in [6, 6.07) is 0. The van der Waals surface area contributed by atoms with Crippen LogP contribution in [0, 0.1) is 5.92 Å². The summed E-state index contributed by atoms with van der Waals surface area (Å²) in [5, 5.41) is 9.75. The molecule has 7 nitrogen and oxygen atoms in total. The Kier molecular flexibility index (Phi) is 4.29. The Morgan fingerprint density at radius 3 is 2.89 bits per heavy atom. The van der Waals surface area contributed by atoms with Crippen molar-refractivity contribution in [3.05, 3.63) is 35.5 Å². The number of hydrogen-bond donors (Lipinski definition) is 1. The molecule has 3 fully saturated rings. The summed E-state index contributed by atoms with van der Waals surface area (Å²) in [4.78, 5) is 24.5. The first-order valence-electron chi connectivity index (χ1n) is 9.13. The Labute approximate surface area is 157 Å². The zero-order chi connectivity index (χ0) is 19.5. The topological polar surface area (TPSA) is 97.9 Å². The van der Waals surface area contributed by atoms with Gasteiger partial charge in [-0.2, -0.15) is 0 Å². The molecule has 146 valence electrons. The number of aliphatic hydroxyl groups is 1. The van der Waals surface area contributed by atoms with Crippen molar-refractivity contribution in [2.75, 3.05) is 6.61 Å². The predicted octanol–water partition coefficient (Wildman–Crippen LogP) is 1.21. The van der Waals surface area contributed by atoms with Gasteiger partial charge >= 0.3 is 11.9 Å². The molecule has 0 aromatic rings. The average molecular weight is 376 g/mol. The van der Waals surface area contributed by atoms with E-state index in [-0.39, 0.29) is 30.5 Å². The standard InChI is InChI=1S/C20H24O7/c1-9(2)5-14(22)24-13-7-20(4)18(27-20)17-16(26-17)11(8-21)6-12-15(13)10(3)19(23)25-12/h5-6,12-13,15-18,21H,3,7-8H2,1-2,4H3/b11-6-/t12-,13-,15+,16+,17+,18-,20-/m1/s1. The van der Waals surface area contributed by atoms with E-state index in [1.54, 1.807) is 19.9 Å². The highest BCUT2D eigenvalue weighted by molar-refractivity contribution is 5.91. The lowest BCUT2D eigenvalue weighted by Crippen LogP contribution is -2.37. The fourth-order valence-electron chi connectivity index (χ4n) is 4.18. The first-order chi connectivity index (χ1) is 12.7. The summed E-state index contributed by atoms with van der Waals surface area (Å²) in [6.45, 7) is 9.21. The van der Waals surface area contributed by atoms with Crippen LogP contribution in [0.3, 0.4) is 0 Å². The number of rotatable bonds is 3. The smallest absolute Gasteiger partial charge is 0.334 e. The maximum atomic E-state index is 12.3. The molecule has 1 N–H and O–H groups in total. The zero-order valence-corrected chi connectivity index (χ0v) is 15.6. The van der Waals surface area contributed by atoms with Gasteiger partial charge in [-0.3, -0.25) is 0 Å². The van der Waals surface area contributed by atoms with Crippen molar-refractivity contribution < 1.29 is 33.6 Å². The summed E-state index contributed by atoms with van der Waals surface area (Å²) in [5.74, 6) is -1.53. The van der Waals surface area contributed by atoms with Gasteiger partial charge in [0.15, 0.2) is 0 Å². The Balaban J connectivity index is 1.70. The van der Waals surface area contributed by atoms with Crippen LogP contribution < -0.4 is 0 Å². The van der Waals surface area contributed by atoms with Gasteiger partial charge in [-0.05, 0) is 32.4 Å². The third-order valence-electron chi connectivity index (χ3n) is 5.63. The Bertz CT molecular complexity index is 762. The van der Waals surface area contributed by atoms with Crippen molar-refractivity contribution in [3.8, 4) is 0 Å². The van der Waals surface area contributed by atoms with Gasteiger partial charge in [0.25, 0.3) is 0 Å².